The summed E-state index contributed by atoms with van der Waals surface area (Å²) < 4.78 is 4.78. The van der Waals surface area contributed by atoms with Gasteiger partial charge in [-0.05, 0) is 24.0 Å². The number of carbonyl (C=O) groups excluding carboxylic acids is 3. The first-order chi connectivity index (χ1) is 14.8. The van der Waals surface area contributed by atoms with Crippen LogP contribution in [0.25, 0.3) is 10.9 Å². The van der Waals surface area contributed by atoms with Gasteiger partial charge < -0.3 is 20.4 Å². The van der Waals surface area contributed by atoms with Gasteiger partial charge >= 0.3 is 5.97 Å². The molecule has 0 unspecified atom stereocenters. The summed E-state index contributed by atoms with van der Waals surface area (Å²) in [5, 5.41) is 6.20. The summed E-state index contributed by atoms with van der Waals surface area (Å²) in [5.41, 5.74) is 1.92. The largest absolute Gasteiger partial charge is 0.469 e. The second-order valence-electron chi connectivity index (χ2n) is 7.90. The molecule has 9 heteroatoms. The van der Waals surface area contributed by atoms with Gasteiger partial charge in [0.1, 0.15) is 6.04 Å². The van der Waals surface area contributed by atoms with E-state index in [-0.39, 0.29) is 29.4 Å². The van der Waals surface area contributed by atoms with Crippen LogP contribution in [0.1, 0.15) is 32.3 Å². The number of hydrogen-bond acceptors (Lipinski definition) is 6. The number of carbonyl (C=O) groups is 3. The number of benzene rings is 1. The Kier molecular flexibility index (Phi) is 9.77. The van der Waals surface area contributed by atoms with Gasteiger partial charge in [0.05, 0.1) is 19.4 Å². The molecule has 0 bridgehead atoms. The Bertz CT molecular complexity index is 900. The maximum Gasteiger partial charge on any atom is 0.306 e. The zero-order valence-corrected chi connectivity index (χ0v) is 20.0. The van der Waals surface area contributed by atoms with Crippen molar-refractivity contribution in [2.75, 3.05) is 14.2 Å². The van der Waals surface area contributed by atoms with Crippen LogP contribution in [0.3, 0.4) is 0 Å². The van der Waals surface area contributed by atoms with Gasteiger partial charge in [0.15, 0.2) is 0 Å². The van der Waals surface area contributed by atoms with Crippen molar-refractivity contribution < 1.29 is 19.1 Å². The van der Waals surface area contributed by atoms with Crippen molar-refractivity contribution in [3.05, 3.63) is 36.0 Å². The number of para-hydroxylation sites is 1. The number of aromatic nitrogens is 1. The summed E-state index contributed by atoms with van der Waals surface area (Å²) in [6.07, 6.45) is 2.85. The lowest BCUT2D eigenvalue weighted by molar-refractivity contribution is -0.141. The van der Waals surface area contributed by atoms with Crippen molar-refractivity contribution in [1.29, 1.82) is 0 Å². The normalized spacial score (nSPS) is 14.1. The first-order valence-corrected chi connectivity index (χ1v) is 12.2. The number of fused-ring (bicyclic) bond motifs is 1. The van der Waals surface area contributed by atoms with Crippen molar-refractivity contribution in [2.24, 2.45) is 11.8 Å². The van der Waals surface area contributed by atoms with Crippen molar-refractivity contribution in [3.8, 4) is 0 Å². The van der Waals surface area contributed by atoms with Gasteiger partial charge in [-0.25, -0.2) is 0 Å². The number of likely N-dealkylation sites (N-methyl/N-ethyl adjacent to an activating group) is 1. The summed E-state index contributed by atoms with van der Waals surface area (Å²) >= 11 is 4.29. The quantitative estimate of drug-likeness (QED) is 0.232. The van der Waals surface area contributed by atoms with Crippen LogP contribution in [0.2, 0.25) is 0 Å². The molecule has 0 aliphatic carbocycles. The minimum atomic E-state index is -0.741. The predicted octanol–water partition coefficient (Wildman–Crippen LogP) is 3.11. The second-order valence-corrected chi connectivity index (χ2v) is 9.35. The number of esters is 1. The van der Waals surface area contributed by atoms with Crippen LogP contribution in [0.5, 0.6) is 0 Å². The number of amides is 2. The lowest BCUT2D eigenvalue weighted by Gasteiger charge is -2.27. The molecule has 1 aromatic heterocycles. The maximum atomic E-state index is 13.3. The minimum Gasteiger partial charge on any atom is -0.469 e. The van der Waals surface area contributed by atoms with Crippen molar-refractivity contribution in [1.82, 2.24) is 15.6 Å². The van der Waals surface area contributed by atoms with Crippen LogP contribution in [-0.2, 0) is 25.5 Å². The molecule has 0 radical (unpaired) electrons. The molecule has 2 aromatic rings. The average Bonchev–Trinajstić information content (AvgIpc) is 3.17. The monoisotopic (exact) mass is 465 g/mol. The maximum absolute atomic E-state index is 13.3. The van der Waals surface area contributed by atoms with E-state index in [4.69, 9.17) is 4.74 Å². The fourth-order valence-electron chi connectivity index (χ4n) is 3.62. The molecule has 2 amide bonds. The summed E-state index contributed by atoms with van der Waals surface area (Å²) in [6.45, 7) is 4.03. The van der Waals surface area contributed by atoms with Crippen LogP contribution in [0.15, 0.2) is 30.5 Å². The van der Waals surface area contributed by atoms with Gasteiger partial charge in [0.2, 0.25) is 11.8 Å². The second kappa shape index (κ2) is 12.0. The molecule has 170 valence electrons. The van der Waals surface area contributed by atoms with Gasteiger partial charge in [-0.3, -0.25) is 14.4 Å². The number of aromatic amines is 1. The molecule has 0 aliphatic rings. The Morgan fingerprint density at radius 1 is 1.19 bits per heavy atom. The summed E-state index contributed by atoms with van der Waals surface area (Å²) in [6, 6.07) is 7.08. The third kappa shape index (κ3) is 6.93. The SMILES string of the molecule is CNC(=O)[C@H](Cc1c[nH]c2ccccc12)NC(=O)[C@H](CC(C)C)[C@H](CC(=O)OC)SS. The number of rotatable bonds is 11. The molecule has 0 spiro atoms. The van der Waals surface area contributed by atoms with Crippen LogP contribution in [0.4, 0.5) is 0 Å². The van der Waals surface area contributed by atoms with Crippen LogP contribution in [-0.4, -0.2) is 48.2 Å². The summed E-state index contributed by atoms with van der Waals surface area (Å²) in [5.74, 6) is -1.20. The highest BCUT2D eigenvalue weighted by atomic mass is 33.1. The first-order valence-electron chi connectivity index (χ1n) is 10.2. The van der Waals surface area contributed by atoms with Crippen molar-refractivity contribution in [2.45, 2.75) is 44.4 Å². The van der Waals surface area contributed by atoms with Gasteiger partial charge in [0.25, 0.3) is 0 Å². The molecule has 0 saturated heterocycles. The molecule has 2 rings (SSSR count). The molecule has 31 heavy (non-hydrogen) atoms. The Balaban J connectivity index is 2.24. The highest BCUT2D eigenvalue weighted by Crippen LogP contribution is 2.31. The zero-order chi connectivity index (χ0) is 23.0. The number of thiol groups is 1. The lowest BCUT2D eigenvalue weighted by Crippen LogP contribution is -2.50. The molecule has 1 heterocycles. The number of nitrogens with one attached hydrogen (secondary N) is 3. The summed E-state index contributed by atoms with van der Waals surface area (Å²) in [4.78, 5) is 40.9. The van der Waals surface area contributed by atoms with Gasteiger partial charge in [-0.2, -0.15) is 0 Å². The predicted molar refractivity (Wildman–Crippen MR) is 128 cm³/mol. The third-order valence-electron chi connectivity index (χ3n) is 5.22. The van der Waals surface area contributed by atoms with E-state index in [0.717, 1.165) is 16.5 Å². The summed E-state index contributed by atoms with van der Waals surface area (Å²) in [7, 11) is 4.04. The molecule has 0 aliphatic heterocycles. The van der Waals surface area contributed by atoms with Crippen LogP contribution in [0, 0.1) is 11.8 Å². The fraction of sp³-hybridized carbons (Fsp3) is 0.500. The Morgan fingerprint density at radius 2 is 1.90 bits per heavy atom. The molecule has 3 atom stereocenters. The molecule has 7 nitrogen and oxygen atoms in total. The Hall–Kier alpha value is -2.13. The van der Waals surface area contributed by atoms with E-state index >= 15 is 0 Å². The minimum absolute atomic E-state index is 0.0720. The van der Waals surface area contributed by atoms with Crippen LogP contribution < -0.4 is 10.6 Å². The van der Waals surface area contributed by atoms with Gasteiger partial charge in [-0.1, -0.05) is 42.8 Å². The van der Waals surface area contributed by atoms with Crippen molar-refractivity contribution >= 4 is 51.1 Å². The average molecular weight is 466 g/mol. The van der Waals surface area contributed by atoms with E-state index in [1.54, 1.807) is 7.05 Å². The standard InChI is InChI=1S/C22H31N3O4S2/c1-13(2)9-16(19(31-30)11-20(26)29-4)21(27)25-18(22(28)23-3)10-14-12-24-17-8-6-5-7-15(14)17/h5-8,12-13,16,18-19,24,30H,9-11H2,1-4H3,(H,23,28)(H,25,27)/t16-,18+,19+/m1/s1. The van der Waals surface area contributed by atoms with Crippen LogP contribution >= 0.6 is 22.5 Å². The molecule has 3 N–H and O–H groups in total. The third-order valence-corrected chi connectivity index (χ3v) is 6.80. The van der Waals surface area contributed by atoms with E-state index in [1.807, 2.05) is 44.3 Å². The number of H-pyrrole nitrogens is 1. The lowest BCUT2D eigenvalue weighted by atomic mass is 9.91. The van der Waals surface area contributed by atoms with E-state index in [9.17, 15) is 14.4 Å². The molecule has 1 aromatic carbocycles. The molecule has 0 saturated carbocycles. The molecular weight excluding hydrogens is 434 g/mol. The number of methoxy groups -OCH3 is 1. The number of ether oxygens (including phenoxy) is 1. The molecular formula is C22H31N3O4S2. The molecule has 0 fully saturated rings. The fourth-order valence-corrected chi connectivity index (χ4v) is 4.88. The van der Waals surface area contributed by atoms with Gasteiger partial charge in [-0.15, -0.1) is 11.7 Å². The van der Waals surface area contributed by atoms with E-state index in [1.165, 1.54) is 17.9 Å². The van der Waals surface area contributed by atoms with Crippen molar-refractivity contribution in [3.63, 3.8) is 0 Å². The zero-order valence-electron chi connectivity index (χ0n) is 18.3. The number of hydrogen-bond donors (Lipinski definition) is 4. The highest BCUT2D eigenvalue weighted by Gasteiger charge is 2.33. The smallest absolute Gasteiger partial charge is 0.306 e. The Morgan fingerprint density at radius 3 is 2.52 bits per heavy atom. The van der Waals surface area contributed by atoms with E-state index in [2.05, 4.69) is 27.3 Å². The Labute approximate surface area is 192 Å². The topological polar surface area (TPSA) is 100 Å². The van der Waals surface area contributed by atoms with Gasteiger partial charge in [0, 0.05) is 35.8 Å². The van der Waals surface area contributed by atoms with E-state index < -0.39 is 17.9 Å². The van der Waals surface area contributed by atoms with E-state index in [0.29, 0.717) is 12.8 Å². The highest BCUT2D eigenvalue weighted by molar-refractivity contribution is 8.68. The first kappa shape index (κ1) is 25.1.